The van der Waals surface area contributed by atoms with Gasteiger partial charge in [0, 0.05) is 17.9 Å². The molecule has 12 heavy (non-hydrogen) atoms. The zero-order chi connectivity index (χ0) is 7.40. The number of anilines is 2. The highest BCUT2D eigenvalue weighted by Gasteiger charge is 1.86. The van der Waals surface area contributed by atoms with E-state index in [1.54, 1.807) is 0 Å². The molecular formula is C8H14Cl2N2. The summed E-state index contributed by atoms with van der Waals surface area (Å²) in [6, 6.07) is 7.72. The summed E-state index contributed by atoms with van der Waals surface area (Å²) in [5.74, 6) is 0. The van der Waals surface area contributed by atoms with Crippen LogP contribution in [0.15, 0.2) is 24.3 Å². The van der Waals surface area contributed by atoms with Crippen LogP contribution in [0.5, 0.6) is 0 Å². The molecule has 1 aromatic rings. The Kier molecular flexibility index (Phi) is 8.22. The fourth-order valence-electron chi connectivity index (χ4n) is 0.805. The molecule has 0 spiro atoms. The zero-order valence-electron chi connectivity index (χ0n) is 6.91. The second kappa shape index (κ2) is 7.07. The Morgan fingerprint density at radius 3 is 2.08 bits per heavy atom. The Morgan fingerprint density at radius 1 is 1.17 bits per heavy atom. The first-order valence-electron chi connectivity index (χ1n) is 3.42. The smallest absolute Gasteiger partial charge is 0.0341 e. The lowest BCUT2D eigenvalue weighted by atomic mass is 10.3. The van der Waals surface area contributed by atoms with E-state index in [9.17, 15) is 0 Å². The summed E-state index contributed by atoms with van der Waals surface area (Å²) in [6.45, 7) is 3.01. The van der Waals surface area contributed by atoms with Crippen LogP contribution in [0.2, 0.25) is 0 Å². The minimum atomic E-state index is 0. The van der Waals surface area contributed by atoms with Gasteiger partial charge in [-0.2, -0.15) is 0 Å². The van der Waals surface area contributed by atoms with E-state index in [1.165, 1.54) is 0 Å². The second-order valence-electron chi connectivity index (χ2n) is 2.15. The molecule has 0 heterocycles. The van der Waals surface area contributed by atoms with Crippen LogP contribution >= 0.6 is 24.8 Å². The van der Waals surface area contributed by atoms with Crippen molar-refractivity contribution in [3.05, 3.63) is 24.3 Å². The topological polar surface area (TPSA) is 38.0 Å². The van der Waals surface area contributed by atoms with Crippen LogP contribution in [-0.4, -0.2) is 6.54 Å². The number of halogens is 2. The van der Waals surface area contributed by atoms with Crippen molar-refractivity contribution in [1.29, 1.82) is 0 Å². The molecular weight excluding hydrogens is 195 g/mol. The summed E-state index contributed by atoms with van der Waals surface area (Å²) in [6.07, 6.45) is 0. The molecule has 0 saturated heterocycles. The number of nitrogen functional groups attached to an aromatic ring is 1. The molecule has 0 aliphatic rings. The summed E-state index contributed by atoms with van der Waals surface area (Å²) >= 11 is 0. The van der Waals surface area contributed by atoms with Gasteiger partial charge in [0.1, 0.15) is 0 Å². The van der Waals surface area contributed by atoms with Gasteiger partial charge < -0.3 is 11.1 Å². The third-order valence-corrected chi connectivity index (χ3v) is 1.29. The predicted molar refractivity (Wildman–Crippen MR) is 59.5 cm³/mol. The minimum Gasteiger partial charge on any atom is -0.399 e. The van der Waals surface area contributed by atoms with Gasteiger partial charge in [0.2, 0.25) is 0 Å². The number of nitrogens with one attached hydrogen (secondary N) is 1. The fourth-order valence-corrected chi connectivity index (χ4v) is 0.805. The lowest BCUT2D eigenvalue weighted by Crippen LogP contribution is -1.95. The van der Waals surface area contributed by atoms with E-state index in [0.717, 1.165) is 17.9 Å². The van der Waals surface area contributed by atoms with Gasteiger partial charge in [0.25, 0.3) is 0 Å². The number of hydrogen-bond donors (Lipinski definition) is 2. The predicted octanol–water partition coefficient (Wildman–Crippen LogP) is 2.54. The van der Waals surface area contributed by atoms with Crippen molar-refractivity contribution < 1.29 is 0 Å². The maximum Gasteiger partial charge on any atom is 0.0341 e. The maximum absolute atomic E-state index is 5.50. The lowest BCUT2D eigenvalue weighted by molar-refractivity contribution is 1.21. The molecule has 2 nitrogen and oxygen atoms in total. The Bertz CT molecular complexity index is 199. The molecule has 3 N–H and O–H groups in total. The minimum absolute atomic E-state index is 0. The van der Waals surface area contributed by atoms with Gasteiger partial charge in [-0.15, -0.1) is 24.8 Å². The summed E-state index contributed by atoms with van der Waals surface area (Å²) in [4.78, 5) is 0. The van der Waals surface area contributed by atoms with Crippen molar-refractivity contribution in [3.63, 3.8) is 0 Å². The molecule has 0 amide bonds. The van der Waals surface area contributed by atoms with Gasteiger partial charge in [0.15, 0.2) is 0 Å². The SMILES string of the molecule is CCNc1ccc(N)cc1.Cl.Cl. The molecule has 0 unspecified atom stereocenters. The molecule has 0 saturated carbocycles. The molecule has 0 aliphatic carbocycles. The van der Waals surface area contributed by atoms with Crippen molar-refractivity contribution in [1.82, 2.24) is 0 Å². The van der Waals surface area contributed by atoms with Gasteiger partial charge in [-0.25, -0.2) is 0 Å². The summed E-state index contributed by atoms with van der Waals surface area (Å²) < 4.78 is 0. The van der Waals surface area contributed by atoms with Crippen LogP contribution in [-0.2, 0) is 0 Å². The fraction of sp³-hybridized carbons (Fsp3) is 0.250. The van der Waals surface area contributed by atoms with Gasteiger partial charge >= 0.3 is 0 Å². The summed E-state index contributed by atoms with van der Waals surface area (Å²) in [7, 11) is 0. The Labute approximate surface area is 85.4 Å². The molecule has 0 aromatic heterocycles. The van der Waals surface area contributed by atoms with Crippen molar-refractivity contribution in [3.8, 4) is 0 Å². The number of hydrogen-bond acceptors (Lipinski definition) is 2. The molecule has 0 fully saturated rings. The van der Waals surface area contributed by atoms with Crippen molar-refractivity contribution >= 4 is 36.2 Å². The molecule has 0 atom stereocenters. The Morgan fingerprint density at radius 2 is 1.67 bits per heavy atom. The summed E-state index contributed by atoms with van der Waals surface area (Å²) in [5, 5.41) is 3.18. The second-order valence-corrected chi connectivity index (χ2v) is 2.15. The van der Waals surface area contributed by atoms with Crippen LogP contribution in [0, 0.1) is 0 Å². The highest BCUT2D eigenvalue weighted by Crippen LogP contribution is 2.09. The van der Waals surface area contributed by atoms with Crippen LogP contribution in [0.25, 0.3) is 0 Å². The summed E-state index contributed by atoms with van der Waals surface area (Å²) in [5.41, 5.74) is 7.42. The lowest BCUT2D eigenvalue weighted by Gasteiger charge is -2.01. The Hall–Kier alpha value is -0.600. The Balaban J connectivity index is 0. The van der Waals surface area contributed by atoms with Crippen LogP contribution in [0.1, 0.15) is 6.92 Å². The van der Waals surface area contributed by atoms with Gasteiger partial charge in [-0.3, -0.25) is 0 Å². The van der Waals surface area contributed by atoms with E-state index in [4.69, 9.17) is 5.73 Å². The third kappa shape index (κ3) is 4.31. The zero-order valence-corrected chi connectivity index (χ0v) is 8.54. The van der Waals surface area contributed by atoms with E-state index < -0.39 is 0 Å². The monoisotopic (exact) mass is 208 g/mol. The third-order valence-electron chi connectivity index (χ3n) is 1.29. The van der Waals surface area contributed by atoms with E-state index in [0.29, 0.717) is 0 Å². The van der Waals surface area contributed by atoms with E-state index in [1.807, 2.05) is 24.3 Å². The van der Waals surface area contributed by atoms with Crippen LogP contribution in [0.4, 0.5) is 11.4 Å². The van der Waals surface area contributed by atoms with Crippen molar-refractivity contribution in [2.24, 2.45) is 0 Å². The van der Waals surface area contributed by atoms with Crippen molar-refractivity contribution in [2.45, 2.75) is 6.92 Å². The molecule has 0 bridgehead atoms. The molecule has 70 valence electrons. The standard InChI is InChI=1S/C8H12N2.2ClH/c1-2-10-8-5-3-7(9)4-6-8;;/h3-6,10H,2,9H2,1H3;2*1H. The average molecular weight is 209 g/mol. The highest BCUT2D eigenvalue weighted by molar-refractivity contribution is 5.85. The molecule has 0 radical (unpaired) electrons. The van der Waals surface area contributed by atoms with Crippen LogP contribution < -0.4 is 11.1 Å². The quantitative estimate of drug-likeness (QED) is 0.734. The van der Waals surface area contributed by atoms with Gasteiger partial charge in [-0.05, 0) is 31.2 Å². The molecule has 4 heteroatoms. The largest absolute Gasteiger partial charge is 0.399 e. The van der Waals surface area contributed by atoms with Crippen molar-refractivity contribution in [2.75, 3.05) is 17.6 Å². The average Bonchev–Trinajstić information content (AvgIpc) is 1.95. The first-order valence-corrected chi connectivity index (χ1v) is 3.42. The van der Waals surface area contributed by atoms with E-state index in [-0.39, 0.29) is 24.8 Å². The first-order chi connectivity index (χ1) is 4.83. The number of rotatable bonds is 2. The molecule has 1 aromatic carbocycles. The van der Waals surface area contributed by atoms with Gasteiger partial charge in [0.05, 0.1) is 0 Å². The number of benzene rings is 1. The van der Waals surface area contributed by atoms with E-state index >= 15 is 0 Å². The first kappa shape index (κ1) is 14.0. The molecule has 1 rings (SSSR count). The number of nitrogens with two attached hydrogens (primary N) is 1. The van der Waals surface area contributed by atoms with E-state index in [2.05, 4.69) is 12.2 Å². The molecule has 0 aliphatic heterocycles. The maximum atomic E-state index is 5.50. The van der Waals surface area contributed by atoms with Crippen LogP contribution in [0.3, 0.4) is 0 Å². The van der Waals surface area contributed by atoms with Gasteiger partial charge in [-0.1, -0.05) is 0 Å². The normalized spacial score (nSPS) is 7.75. The highest BCUT2D eigenvalue weighted by atomic mass is 35.5.